The number of ether oxygens (including phenoxy) is 4. The molecule has 3 aliphatic heterocycles. The van der Waals surface area contributed by atoms with Crippen LogP contribution in [0.15, 0.2) is 24.0 Å². The molecule has 2 fully saturated rings. The van der Waals surface area contributed by atoms with Gasteiger partial charge in [0.1, 0.15) is 11.5 Å². The van der Waals surface area contributed by atoms with Crippen molar-refractivity contribution in [3.05, 3.63) is 35.1 Å². The lowest BCUT2D eigenvalue weighted by atomic mass is 9.50. The third kappa shape index (κ3) is 5.08. The number of nitrogens with one attached hydrogen (secondary N) is 1. The van der Waals surface area contributed by atoms with E-state index in [4.69, 9.17) is 23.4 Å². The largest absolute Gasteiger partial charge is 0.541 e. The second-order valence-electron chi connectivity index (χ2n) is 15.1. The molecular formula is C33H46N2O9Si. The van der Waals surface area contributed by atoms with Crippen molar-refractivity contribution in [2.75, 3.05) is 20.1 Å². The molecule has 5 unspecified atom stereocenters. The molecule has 1 amide bonds. The van der Waals surface area contributed by atoms with Gasteiger partial charge < -0.3 is 38.7 Å². The zero-order valence-electron chi connectivity index (χ0n) is 27.6. The van der Waals surface area contributed by atoms with Crippen molar-refractivity contribution >= 4 is 26.2 Å². The number of benzene rings is 1. The molecule has 246 valence electrons. The fraction of sp³-hybridized carbons (Fsp3) is 0.667. The van der Waals surface area contributed by atoms with E-state index < -0.39 is 55.2 Å². The maximum Gasteiger partial charge on any atom is 0.338 e. The average Bonchev–Trinajstić information content (AvgIpc) is 3.40. The van der Waals surface area contributed by atoms with Gasteiger partial charge in [0.05, 0.1) is 23.9 Å². The predicted octanol–water partition coefficient (Wildman–Crippen LogP) is 3.47. The molecule has 2 saturated heterocycles. The van der Waals surface area contributed by atoms with Gasteiger partial charge in [-0.15, -0.1) is 0 Å². The first-order valence-corrected chi connectivity index (χ1v) is 18.8. The third-order valence-electron chi connectivity index (χ3n) is 10.8. The molecule has 1 spiro atoms. The summed E-state index contributed by atoms with van der Waals surface area (Å²) < 4.78 is 30.1. The summed E-state index contributed by atoms with van der Waals surface area (Å²) in [6.45, 7) is 15.0. The summed E-state index contributed by atoms with van der Waals surface area (Å²) in [7, 11) is -0.174. The van der Waals surface area contributed by atoms with Gasteiger partial charge in [0.15, 0.2) is 18.0 Å². The molecule has 1 aromatic carbocycles. The van der Waals surface area contributed by atoms with Gasteiger partial charge in [0, 0.05) is 38.4 Å². The Hall–Kier alpha value is -2.93. The molecule has 0 aromatic heterocycles. The number of nitrogens with zero attached hydrogens (tertiary/aromatic N) is 1. The van der Waals surface area contributed by atoms with Crippen LogP contribution in [0.25, 0.3) is 0 Å². The number of hydrogen-bond acceptors (Lipinski definition) is 10. The molecule has 1 aromatic rings. The summed E-state index contributed by atoms with van der Waals surface area (Å²) >= 11 is 0. The second-order valence-corrected chi connectivity index (χ2v) is 19.9. The van der Waals surface area contributed by atoms with Crippen LogP contribution in [0.4, 0.5) is 0 Å². The van der Waals surface area contributed by atoms with Gasteiger partial charge in [-0.1, -0.05) is 26.8 Å². The highest BCUT2D eigenvalue weighted by Crippen LogP contribution is 2.65. The summed E-state index contributed by atoms with van der Waals surface area (Å²) in [6, 6.07) is 4.00. The predicted molar refractivity (Wildman–Crippen MR) is 166 cm³/mol. The fourth-order valence-electron chi connectivity index (χ4n) is 7.51. The summed E-state index contributed by atoms with van der Waals surface area (Å²) in [5.41, 5.74) is 0.216. The highest BCUT2D eigenvalue weighted by Gasteiger charge is 2.72. The SMILES string of the molecule is CN1CCC23c4c5ccc(O[Si](C)(C)C(C)(C)C)c4OC2C(OC(=O)CCNC(=O)CC2OC(C)(C)OC2=O)=CCC3(O)C1C5. The highest BCUT2D eigenvalue weighted by atomic mass is 28.4. The third-order valence-corrected chi connectivity index (χ3v) is 15.1. The number of rotatable bonds is 8. The number of likely N-dealkylation sites (tertiary alicyclic amines) is 1. The quantitative estimate of drug-likeness (QED) is 0.321. The molecule has 11 nitrogen and oxygen atoms in total. The molecule has 5 atom stereocenters. The number of amides is 1. The maximum absolute atomic E-state index is 13.1. The number of carbonyl (C=O) groups excluding carboxylic acids is 3. The normalized spacial score (nSPS) is 31.4. The smallest absolute Gasteiger partial charge is 0.338 e. The number of likely N-dealkylation sites (N-methyl/N-ethyl adjacent to an activating group) is 1. The molecule has 2 N–H and O–H groups in total. The van der Waals surface area contributed by atoms with E-state index in [1.54, 1.807) is 19.9 Å². The molecule has 6 rings (SSSR count). The Balaban J connectivity index is 1.21. The lowest BCUT2D eigenvalue weighted by molar-refractivity contribution is -0.169. The topological polar surface area (TPSA) is 133 Å². The van der Waals surface area contributed by atoms with E-state index >= 15 is 0 Å². The van der Waals surface area contributed by atoms with E-state index in [0.29, 0.717) is 36.5 Å². The van der Waals surface area contributed by atoms with Crippen LogP contribution in [0.5, 0.6) is 11.5 Å². The van der Waals surface area contributed by atoms with Gasteiger partial charge in [-0.25, -0.2) is 4.79 Å². The number of piperidine rings is 1. The van der Waals surface area contributed by atoms with Crippen molar-refractivity contribution < 1.29 is 42.9 Å². The van der Waals surface area contributed by atoms with E-state index in [2.05, 4.69) is 57.2 Å². The Morgan fingerprint density at radius 1 is 1.22 bits per heavy atom. The summed E-state index contributed by atoms with van der Waals surface area (Å²) in [5, 5.41) is 15.2. The van der Waals surface area contributed by atoms with Gasteiger partial charge in [-0.2, -0.15) is 0 Å². The van der Waals surface area contributed by atoms with E-state index in [9.17, 15) is 19.5 Å². The van der Waals surface area contributed by atoms with Crippen LogP contribution in [0.1, 0.15) is 71.4 Å². The number of cyclic esters (lactones) is 1. The minimum Gasteiger partial charge on any atom is -0.541 e. The first-order chi connectivity index (χ1) is 20.9. The Kier molecular flexibility index (Phi) is 7.51. The lowest BCUT2D eigenvalue weighted by Crippen LogP contribution is -2.74. The molecule has 45 heavy (non-hydrogen) atoms. The van der Waals surface area contributed by atoms with Crippen molar-refractivity contribution in [3.63, 3.8) is 0 Å². The van der Waals surface area contributed by atoms with Crippen molar-refractivity contribution in [3.8, 4) is 11.5 Å². The number of esters is 2. The Bertz CT molecular complexity index is 1470. The molecule has 2 bridgehead atoms. The van der Waals surface area contributed by atoms with E-state index in [1.807, 2.05) is 6.07 Å². The summed E-state index contributed by atoms with van der Waals surface area (Å²) in [5.74, 6) is -0.913. The Morgan fingerprint density at radius 2 is 1.96 bits per heavy atom. The first kappa shape index (κ1) is 32.0. The summed E-state index contributed by atoms with van der Waals surface area (Å²) in [6.07, 6.45) is 1.48. The minimum atomic E-state index is -2.23. The first-order valence-electron chi connectivity index (χ1n) is 15.9. The standard InChI is InChI=1S/C33H46N2O9Si/c1-30(2,3)45(7,8)44-20-10-9-19-17-23-33(39)13-11-21(28-32(33,14-16-35(23)6)26(19)27(20)41-28)40-25(37)12-15-34-24(36)18-22-29(38)43-31(4,5)42-22/h9-11,22-23,28,39H,12-18H2,1-8H3,(H,34,36). The molecule has 2 aliphatic carbocycles. The van der Waals surface area contributed by atoms with Crippen LogP contribution in [0, 0.1) is 0 Å². The molecule has 3 heterocycles. The van der Waals surface area contributed by atoms with Gasteiger partial charge >= 0.3 is 11.9 Å². The van der Waals surface area contributed by atoms with Gasteiger partial charge in [0.25, 0.3) is 8.32 Å². The molecular weight excluding hydrogens is 596 g/mol. The average molecular weight is 643 g/mol. The molecule has 12 heteroatoms. The van der Waals surface area contributed by atoms with Crippen LogP contribution >= 0.6 is 0 Å². The van der Waals surface area contributed by atoms with Crippen LogP contribution in [0.2, 0.25) is 18.1 Å². The Labute approximate surface area is 265 Å². The van der Waals surface area contributed by atoms with E-state index in [1.165, 1.54) is 0 Å². The molecule has 0 radical (unpaired) electrons. The monoisotopic (exact) mass is 642 g/mol. The van der Waals surface area contributed by atoms with Gasteiger partial charge in [-0.05, 0) is 62.3 Å². The molecule has 0 saturated carbocycles. The second kappa shape index (κ2) is 10.5. The fourth-order valence-corrected chi connectivity index (χ4v) is 8.53. The zero-order chi connectivity index (χ0) is 32.7. The van der Waals surface area contributed by atoms with Crippen molar-refractivity contribution in [2.24, 2.45) is 0 Å². The maximum atomic E-state index is 13.1. The Morgan fingerprint density at radius 3 is 2.62 bits per heavy atom. The number of hydrogen-bond donors (Lipinski definition) is 2. The minimum absolute atomic E-state index is 0.0262. The van der Waals surface area contributed by atoms with Crippen LogP contribution < -0.4 is 14.5 Å². The van der Waals surface area contributed by atoms with Crippen molar-refractivity contribution in [1.82, 2.24) is 10.2 Å². The zero-order valence-corrected chi connectivity index (χ0v) is 28.6. The van der Waals surface area contributed by atoms with Crippen molar-refractivity contribution in [1.29, 1.82) is 0 Å². The van der Waals surface area contributed by atoms with Crippen LogP contribution in [-0.2, 0) is 40.4 Å². The van der Waals surface area contributed by atoms with E-state index in [-0.39, 0.29) is 30.5 Å². The van der Waals surface area contributed by atoms with E-state index in [0.717, 1.165) is 17.7 Å². The van der Waals surface area contributed by atoms with Crippen LogP contribution in [0.3, 0.4) is 0 Å². The van der Waals surface area contributed by atoms with Gasteiger partial charge in [-0.3, -0.25) is 9.59 Å². The number of aliphatic hydroxyl groups is 1. The van der Waals surface area contributed by atoms with Gasteiger partial charge in [0.2, 0.25) is 11.7 Å². The van der Waals surface area contributed by atoms with Crippen LogP contribution in [-0.4, -0.2) is 85.9 Å². The highest BCUT2D eigenvalue weighted by molar-refractivity contribution is 6.74. The number of carbonyl (C=O) groups is 3. The molecule has 5 aliphatic rings. The summed E-state index contributed by atoms with van der Waals surface area (Å²) in [4.78, 5) is 39.7. The lowest BCUT2D eigenvalue weighted by Gasteiger charge is -2.61. The van der Waals surface area contributed by atoms with Crippen molar-refractivity contribution in [2.45, 2.75) is 120 Å².